The summed E-state index contributed by atoms with van der Waals surface area (Å²) in [5.74, 6) is -0.325. The van der Waals surface area contributed by atoms with Crippen molar-refractivity contribution in [3.8, 4) is 0 Å². The van der Waals surface area contributed by atoms with Gasteiger partial charge in [0.25, 0.3) is 0 Å². The van der Waals surface area contributed by atoms with Crippen molar-refractivity contribution in [3.05, 3.63) is 70.5 Å². The maximum Gasteiger partial charge on any atom is 0.426 e. The number of likely N-dealkylation sites (tertiary alicyclic amines) is 1. The predicted molar refractivity (Wildman–Crippen MR) is 118 cm³/mol. The summed E-state index contributed by atoms with van der Waals surface area (Å²) in [4.78, 5) is 14.7. The third kappa shape index (κ3) is 3.61. The Hall–Kier alpha value is -2.48. The number of aryl methyl sites for hydroxylation is 1. The van der Waals surface area contributed by atoms with Gasteiger partial charge in [0.2, 0.25) is 11.6 Å². The first-order chi connectivity index (χ1) is 16.0. The smallest absolute Gasteiger partial charge is 0.355 e. The van der Waals surface area contributed by atoms with Crippen LogP contribution >= 0.6 is 0 Å². The van der Waals surface area contributed by atoms with E-state index in [-0.39, 0.29) is 29.4 Å². The van der Waals surface area contributed by atoms with Crippen LogP contribution in [0.15, 0.2) is 42.5 Å². The number of hydrogen-bond acceptors (Lipinski definition) is 2. The summed E-state index contributed by atoms with van der Waals surface area (Å²) >= 11 is 0. The maximum absolute atomic E-state index is 14.7. The fourth-order valence-electron chi connectivity index (χ4n) is 6.30. The van der Waals surface area contributed by atoms with Crippen molar-refractivity contribution in [1.82, 2.24) is 10.2 Å². The molecule has 1 amide bonds. The van der Waals surface area contributed by atoms with Gasteiger partial charge in [-0.05, 0) is 73.4 Å². The highest BCUT2D eigenvalue weighted by molar-refractivity contribution is 5.83. The van der Waals surface area contributed by atoms with Crippen LogP contribution in [0.3, 0.4) is 0 Å². The number of rotatable bonds is 4. The second-order valence-corrected chi connectivity index (χ2v) is 9.97. The van der Waals surface area contributed by atoms with Crippen molar-refractivity contribution in [3.63, 3.8) is 0 Å². The van der Waals surface area contributed by atoms with Crippen LogP contribution in [0.1, 0.15) is 48.4 Å². The second kappa shape index (κ2) is 8.04. The first-order valence-corrected chi connectivity index (χ1v) is 11.7. The molecule has 2 fully saturated rings. The van der Waals surface area contributed by atoms with E-state index in [1.165, 1.54) is 24.3 Å². The van der Waals surface area contributed by atoms with Gasteiger partial charge in [0.15, 0.2) is 0 Å². The number of fused-ring (bicyclic) bond motifs is 3. The highest BCUT2D eigenvalue weighted by Gasteiger charge is 2.56. The van der Waals surface area contributed by atoms with Crippen LogP contribution in [0.5, 0.6) is 0 Å². The Morgan fingerprint density at radius 3 is 2.47 bits per heavy atom. The van der Waals surface area contributed by atoms with Gasteiger partial charge in [-0.15, -0.1) is 0 Å². The van der Waals surface area contributed by atoms with Crippen LogP contribution in [0.2, 0.25) is 0 Å². The SMILES string of the molecule is CC(F)(c1ccc2c(c1)CC[C@H]1N(C3CCNC3=O)CC[C@@]21Cc1ccc(F)cc1)C(F)(F)F. The molecule has 3 aliphatic rings. The van der Waals surface area contributed by atoms with Crippen LogP contribution in [0, 0.1) is 5.82 Å². The molecular formula is C26H27F5N2O. The summed E-state index contributed by atoms with van der Waals surface area (Å²) in [6, 6.07) is 10.4. The molecule has 2 aromatic carbocycles. The largest absolute Gasteiger partial charge is 0.426 e. The molecule has 3 nitrogen and oxygen atoms in total. The van der Waals surface area contributed by atoms with Crippen molar-refractivity contribution >= 4 is 5.91 Å². The van der Waals surface area contributed by atoms with E-state index in [9.17, 15) is 26.7 Å². The zero-order chi connectivity index (χ0) is 24.3. The van der Waals surface area contributed by atoms with E-state index in [4.69, 9.17) is 0 Å². The Labute approximate surface area is 195 Å². The van der Waals surface area contributed by atoms with E-state index < -0.39 is 17.3 Å². The molecular weight excluding hydrogens is 451 g/mol. The van der Waals surface area contributed by atoms with E-state index in [1.807, 2.05) is 0 Å². The Balaban J connectivity index is 1.58. The Kier molecular flexibility index (Phi) is 5.50. The van der Waals surface area contributed by atoms with Crippen molar-refractivity contribution in [2.24, 2.45) is 0 Å². The van der Waals surface area contributed by atoms with Gasteiger partial charge < -0.3 is 5.32 Å². The topological polar surface area (TPSA) is 32.3 Å². The van der Waals surface area contributed by atoms with E-state index >= 15 is 0 Å². The lowest BCUT2D eigenvalue weighted by Crippen LogP contribution is -2.52. The number of nitrogens with one attached hydrogen (secondary N) is 1. The average molecular weight is 479 g/mol. The van der Waals surface area contributed by atoms with Gasteiger partial charge in [-0.1, -0.05) is 30.3 Å². The van der Waals surface area contributed by atoms with Crippen molar-refractivity contribution in [1.29, 1.82) is 0 Å². The van der Waals surface area contributed by atoms with E-state index in [0.717, 1.165) is 29.5 Å². The van der Waals surface area contributed by atoms with E-state index in [0.29, 0.717) is 39.3 Å². The van der Waals surface area contributed by atoms with Crippen molar-refractivity contribution < 1.29 is 26.7 Å². The second-order valence-electron chi connectivity index (χ2n) is 9.97. The molecule has 4 atom stereocenters. The summed E-state index contributed by atoms with van der Waals surface area (Å²) in [7, 11) is 0. The number of amides is 1. The fourth-order valence-corrected chi connectivity index (χ4v) is 6.30. The monoisotopic (exact) mass is 478 g/mol. The van der Waals surface area contributed by atoms with Crippen LogP contribution in [0.25, 0.3) is 0 Å². The zero-order valence-electron chi connectivity index (χ0n) is 18.9. The first kappa shape index (κ1) is 23.3. The number of nitrogens with zero attached hydrogens (tertiary/aromatic N) is 1. The van der Waals surface area contributed by atoms with Gasteiger partial charge in [-0.25, -0.2) is 8.78 Å². The molecule has 34 heavy (non-hydrogen) atoms. The number of carbonyl (C=O) groups is 1. The standard InChI is InChI=1S/C26H27F5N2O/c1-24(28,26(29,30)31)18-5-8-20-17(14-18)4-9-22-25(20,15-16-2-6-19(27)7-3-16)11-13-33(22)21-10-12-32-23(21)34/h2-3,5-8,14,21-22H,4,9-13,15H2,1H3,(H,32,34)/t21?,22-,24?,25-/m1/s1. The maximum atomic E-state index is 14.7. The number of carbonyl (C=O) groups excluding carboxylic acids is 1. The van der Waals surface area contributed by atoms with E-state index in [1.54, 1.807) is 18.2 Å². The lowest BCUT2D eigenvalue weighted by atomic mass is 9.63. The molecule has 1 N–H and O–H groups in total. The molecule has 2 saturated heterocycles. The zero-order valence-corrected chi connectivity index (χ0v) is 18.9. The summed E-state index contributed by atoms with van der Waals surface area (Å²) in [6.45, 7) is 1.88. The van der Waals surface area contributed by atoms with Gasteiger partial charge in [0, 0.05) is 24.5 Å². The first-order valence-electron chi connectivity index (χ1n) is 11.7. The average Bonchev–Trinajstić information content (AvgIpc) is 3.37. The molecule has 0 spiro atoms. The summed E-state index contributed by atoms with van der Waals surface area (Å²) in [6.07, 6.45) is -1.82. The number of benzene rings is 2. The highest BCUT2D eigenvalue weighted by Crippen LogP contribution is 2.51. The molecule has 0 aromatic heterocycles. The Morgan fingerprint density at radius 1 is 1.09 bits per heavy atom. The quantitative estimate of drug-likeness (QED) is 0.630. The highest BCUT2D eigenvalue weighted by atomic mass is 19.4. The summed E-state index contributed by atoms with van der Waals surface area (Å²) in [5.41, 5.74) is -1.71. The van der Waals surface area contributed by atoms with Gasteiger partial charge >= 0.3 is 6.18 Å². The third-order valence-electron chi connectivity index (χ3n) is 8.11. The molecule has 2 aliphatic heterocycles. The van der Waals surface area contributed by atoms with Crippen LogP contribution < -0.4 is 5.32 Å². The van der Waals surface area contributed by atoms with Crippen molar-refractivity contribution in [2.45, 2.75) is 68.4 Å². The number of hydrogen-bond donors (Lipinski definition) is 1. The Morgan fingerprint density at radius 2 is 1.82 bits per heavy atom. The van der Waals surface area contributed by atoms with E-state index in [2.05, 4.69) is 10.2 Å². The van der Waals surface area contributed by atoms with Crippen LogP contribution in [0.4, 0.5) is 22.0 Å². The van der Waals surface area contributed by atoms with Gasteiger partial charge in [-0.2, -0.15) is 13.2 Å². The minimum absolute atomic E-state index is 0.0112. The Bertz CT molecular complexity index is 1100. The molecule has 0 radical (unpaired) electrons. The normalized spacial score (nSPS) is 28.8. The number of alkyl halides is 4. The molecule has 1 aliphatic carbocycles. The molecule has 8 heteroatoms. The minimum Gasteiger partial charge on any atom is -0.355 e. The van der Waals surface area contributed by atoms with Gasteiger partial charge in [0.05, 0.1) is 6.04 Å². The molecule has 2 aromatic rings. The summed E-state index contributed by atoms with van der Waals surface area (Å²) in [5, 5.41) is 2.90. The molecule has 2 heterocycles. The predicted octanol–water partition coefficient (Wildman–Crippen LogP) is 4.96. The number of halogens is 5. The molecule has 2 unspecified atom stereocenters. The van der Waals surface area contributed by atoms with Crippen LogP contribution in [-0.2, 0) is 28.7 Å². The lowest BCUT2D eigenvalue weighted by molar-refractivity contribution is -0.228. The third-order valence-corrected chi connectivity index (χ3v) is 8.11. The molecule has 182 valence electrons. The molecule has 0 saturated carbocycles. The molecule has 0 bridgehead atoms. The van der Waals surface area contributed by atoms with Gasteiger partial charge in [0.1, 0.15) is 5.82 Å². The fraction of sp³-hybridized carbons (Fsp3) is 0.500. The summed E-state index contributed by atoms with van der Waals surface area (Å²) < 4.78 is 68.4. The van der Waals surface area contributed by atoms with Gasteiger partial charge in [-0.3, -0.25) is 9.69 Å². The van der Waals surface area contributed by atoms with Crippen LogP contribution in [-0.4, -0.2) is 42.2 Å². The minimum atomic E-state index is -5.01. The molecule has 5 rings (SSSR count). The van der Waals surface area contributed by atoms with Crippen molar-refractivity contribution in [2.75, 3.05) is 13.1 Å². The lowest BCUT2D eigenvalue weighted by Gasteiger charge is -2.45.